The van der Waals surface area contributed by atoms with Gasteiger partial charge in [0.25, 0.3) is 0 Å². The van der Waals surface area contributed by atoms with E-state index < -0.39 is 7.51 Å². The summed E-state index contributed by atoms with van der Waals surface area (Å²) in [5, 5.41) is 0. The number of nitrogens with two attached hydrogens (primary N) is 1. The molecule has 0 heterocycles. The molecule has 0 saturated carbocycles. The highest BCUT2D eigenvalue weighted by Crippen LogP contribution is 2.67. The van der Waals surface area contributed by atoms with Gasteiger partial charge in [-0.05, 0) is 72.5 Å². The zero-order valence-electron chi connectivity index (χ0n) is 26.7. The first-order valence-corrected chi connectivity index (χ1v) is 17.3. The molecule has 0 spiro atoms. The van der Waals surface area contributed by atoms with Crippen molar-refractivity contribution < 1.29 is 0 Å². The lowest BCUT2D eigenvalue weighted by atomic mass is 9.76. The third-order valence-electron chi connectivity index (χ3n) is 8.35. The summed E-state index contributed by atoms with van der Waals surface area (Å²) >= 11 is 0. The van der Waals surface area contributed by atoms with Crippen LogP contribution < -0.4 is 5.84 Å². The maximum atomic E-state index is 6.76. The largest absolute Gasteiger partial charge is 0.251 e. The molecular weight excluding hydrogens is 461 g/mol. The molecule has 0 saturated heterocycles. The molecule has 2 N–H and O–H groups in total. The summed E-state index contributed by atoms with van der Waals surface area (Å²) in [6, 6.07) is 0.496. The van der Waals surface area contributed by atoms with Crippen LogP contribution in [-0.4, -0.2) is 52.3 Å². The van der Waals surface area contributed by atoms with Crippen molar-refractivity contribution in [2.75, 3.05) is 21.1 Å². The summed E-state index contributed by atoms with van der Waals surface area (Å²) in [6.45, 7) is 19.0. The Morgan fingerprint density at radius 1 is 0.583 bits per heavy atom. The van der Waals surface area contributed by atoms with Crippen molar-refractivity contribution in [1.29, 1.82) is 0 Å². The summed E-state index contributed by atoms with van der Waals surface area (Å²) in [4.78, 5) is 5.12. The maximum absolute atomic E-state index is 6.76. The van der Waals surface area contributed by atoms with Gasteiger partial charge < -0.3 is 0 Å². The van der Waals surface area contributed by atoms with Gasteiger partial charge in [-0.15, -0.1) is 0 Å². The average molecular weight is 530 g/mol. The van der Waals surface area contributed by atoms with E-state index in [1.165, 1.54) is 103 Å². The van der Waals surface area contributed by atoms with Crippen molar-refractivity contribution in [1.82, 2.24) is 14.0 Å². The van der Waals surface area contributed by atoms with Gasteiger partial charge in [-0.3, -0.25) is 4.67 Å². The molecule has 5 nitrogen and oxygen atoms in total. The smallest absolute Gasteiger partial charge is 0.185 e. The minimum atomic E-state index is -2.38. The van der Waals surface area contributed by atoms with Gasteiger partial charge in [-0.1, -0.05) is 107 Å². The van der Waals surface area contributed by atoms with E-state index in [4.69, 9.17) is 10.7 Å². The highest BCUT2D eigenvalue weighted by molar-refractivity contribution is 7.59. The van der Waals surface area contributed by atoms with Gasteiger partial charge >= 0.3 is 0 Å². The Morgan fingerprint density at radius 3 is 1.08 bits per heavy atom. The second-order valence-electron chi connectivity index (χ2n) is 11.6. The van der Waals surface area contributed by atoms with Crippen LogP contribution in [0.15, 0.2) is 4.85 Å². The lowest BCUT2D eigenvalue weighted by molar-refractivity contribution is 0.00889. The molecule has 218 valence electrons. The SMILES string of the molecule is CCCC(CCC)N(C)P(=NN)(N(C)C)N(C(CCC)(CCC)CCC)C(CCC)(CCC)CCC. The van der Waals surface area contributed by atoms with Crippen molar-refractivity contribution >= 4 is 7.51 Å². The number of hydrogen-bond donors (Lipinski definition) is 1. The molecule has 1 unspecified atom stereocenters. The van der Waals surface area contributed by atoms with Crippen LogP contribution in [0, 0.1) is 0 Å². The molecule has 0 aromatic heterocycles. The predicted octanol–water partition coefficient (Wildman–Crippen LogP) is 9.85. The maximum Gasteiger partial charge on any atom is 0.185 e. The second-order valence-corrected chi connectivity index (χ2v) is 14.7. The first-order chi connectivity index (χ1) is 17.2. The zero-order valence-corrected chi connectivity index (χ0v) is 27.6. The second kappa shape index (κ2) is 18.4. The van der Waals surface area contributed by atoms with Crippen LogP contribution in [0.1, 0.15) is 158 Å². The number of rotatable bonds is 22. The molecule has 1 atom stereocenters. The van der Waals surface area contributed by atoms with Crippen LogP contribution in [0.4, 0.5) is 0 Å². The monoisotopic (exact) mass is 530 g/mol. The average Bonchev–Trinajstić information content (AvgIpc) is 2.82. The lowest BCUT2D eigenvalue weighted by Gasteiger charge is -2.63. The van der Waals surface area contributed by atoms with Crippen LogP contribution in [0.5, 0.6) is 0 Å². The molecule has 0 rings (SSSR count). The fourth-order valence-electron chi connectivity index (χ4n) is 7.49. The van der Waals surface area contributed by atoms with E-state index in [9.17, 15) is 0 Å². The highest BCUT2D eigenvalue weighted by Gasteiger charge is 2.55. The quantitative estimate of drug-likeness (QED) is 0.0861. The predicted molar refractivity (Wildman–Crippen MR) is 165 cm³/mol. The Morgan fingerprint density at radius 2 is 0.889 bits per heavy atom. The van der Waals surface area contributed by atoms with E-state index in [0.717, 1.165) is 0 Å². The molecule has 0 radical (unpaired) electrons. The molecule has 0 aliphatic rings. The molecule has 36 heavy (non-hydrogen) atoms. The Labute approximate surface area is 228 Å². The van der Waals surface area contributed by atoms with Crippen LogP contribution in [-0.2, 0) is 0 Å². The first-order valence-electron chi connectivity index (χ1n) is 15.7. The molecular formula is C30H68N5P. The summed E-state index contributed by atoms with van der Waals surface area (Å²) in [5.74, 6) is 6.76. The molecule has 0 aromatic rings. The number of nitrogens with zero attached hydrogens (tertiary/aromatic N) is 4. The molecule has 0 aromatic carbocycles. The standard InChI is InChI=1S/C30H68N5P/c1-12-20-28(21-13-2)34(11)36(32-31,33(9)10)35(29(22-14-3,23-15-4)24-16-5)30(25-17-6,26-18-7)27-19-8/h28H,12-27,31H2,1-11H3. The van der Waals surface area contributed by atoms with Crippen LogP contribution in [0.3, 0.4) is 0 Å². The van der Waals surface area contributed by atoms with Gasteiger partial charge in [0.05, 0.1) is 0 Å². The summed E-state index contributed by atoms with van der Waals surface area (Å²) < 4.78 is 8.24. The van der Waals surface area contributed by atoms with E-state index in [1.54, 1.807) is 0 Å². The van der Waals surface area contributed by atoms with E-state index in [0.29, 0.717) is 6.04 Å². The van der Waals surface area contributed by atoms with Crippen molar-refractivity contribution in [3.8, 4) is 0 Å². The Balaban J connectivity index is 7.84. The first kappa shape index (κ1) is 36.1. The van der Waals surface area contributed by atoms with E-state index in [1.807, 2.05) is 0 Å². The topological polar surface area (TPSA) is 48.1 Å². The van der Waals surface area contributed by atoms with Crippen molar-refractivity contribution in [2.45, 2.75) is 175 Å². The van der Waals surface area contributed by atoms with Crippen molar-refractivity contribution in [3.63, 3.8) is 0 Å². The zero-order chi connectivity index (χ0) is 27.8. The van der Waals surface area contributed by atoms with Gasteiger partial charge in [0.2, 0.25) is 0 Å². The van der Waals surface area contributed by atoms with Gasteiger partial charge in [-0.25, -0.2) is 15.2 Å². The van der Waals surface area contributed by atoms with Crippen LogP contribution >= 0.6 is 7.51 Å². The molecule has 0 aliphatic heterocycles. The van der Waals surface area contributed by atoms with E-state index in [2.05, 4.69) is 90.5 Å². The normalized spacial score (nSPS) is 14.9. The van der Waals surface area contributed by atoms with Crippen molar-refractivity contribution in [3.05, 3.63) is 0 Å². The van der Waals surface area contributed by atoms with Crippen LogP contribution in [0.2, 0.25) is 0 Å². The fraction of sp³-hybridized carbons (Fsp3) is 1.00. The summed E-state index contributed by atoms with van der Waals surface area (Å²) in [6.07, 6.45) is 19.3. The van der Waals surface area contributed by atoms with Gasteiger partial charge in [0, 0.05) is 17.1 Å². The van der Waals surface area contributed by atoms with Gasteiger partial charge in [-0.2, -0.15) is 4.85 Å². The fourth-order valence-corrected chi connectivity index (χ4v) is 11.6. The van der Waals surface area contributed by atoms with Crippen LogP contribution in [0.25, 0.3) is 0 Å². The minimum absolute atomic E-state index is 0.107. The summed E-state index contributed by atoms with van der Waals surface area (Å²) in [5.41, 5.74) is 0.214. The number of hydrogen-bond acceptors (Lipinski definition) is 1. The molecule has 0 bridgehead atoms. The Hall–Kier alpha value is 0.0700. The molecule has 0 fully saturated rings. The van der Waals surface area contributed by atoms with Gasteiger partial charge in [0.15, 0.2) is 7.51 Å². The Kier molecular flexibility index (Phi) is 18.4. The third-order valence-corrected chi connectivity index (χ3v) is 12.3. The minimum Gasteiger partial charge on any atom is -0.251 e. The van der Waals surface area contributed by atoms with Crippen molar-refractivity contribution in [2.24, 2.45) is 10.7 Å². The van der Waals surface area contributed by atoms with Gasteiger partial charge in [0.1, 0.15) is 0 Å². The summed E-state index contributed by atoms with van der Waals surface area (Å²) in [7, 11) is 4.53. The third kappa shape index (κ3) is 8.28. The lowest BCUT2D eigenvalue weighted by Crippen LogP contribution is -2.62. The molecule has 0 aliphatic carbocycles. The molecule has 6 heteroatoms. The van der Waals surface area contributed by atoms with E-state index in [-0.39, 0.29) is 11.1 Å². The Bertz CT molecular complexity index is 540. The van der Waals surface area contributed by atoms with E-state index >= 15 is 0 Å². The highest BCUT2D eigenvalue weighted by atomic mass is 31.2. The molecule has 0 amide bonds.